The number of methoxy groups -OCH3 is 1. The lowest BCUT2D eigenvalue weighted by Crippen LogP contribution is -2.15. The Labute approximate surface area is 124 Å². The molecule has 0 spiro atoms. The maximum Gasteiger partial charge on any atom is 0.126 e. The van der Waals surface area contributed by atoms with Crippen LogP contribution in [0.25, 0.3) is 11.1 Å². The van der Waals surface area contributed by atoms with E-state index in [2.05, 4.69) is 29.6 Å². The molecule has 3 rings (SSSR count). The summed E-state index contributed by atoms with van der Waals surface area (Å²) in [5.41, 5.74) is 3.46. The van der Waals surface area contributed by atoms with E-state index < -0.39 is 0 Å². The smallest absolute Gasteiger partial charge is 0.126 e. The van der Waals surface area contributed by atoms with Crippen LogP contribution >= 0.6 is 11.6 Å². The highest BCUT2D eigenvalue weighted by molar-refractivity contribution is 6.31. The molecule has 0 unspecified atom stereocenters. The summed E-state index contributed by atoms with van der Waals surface area (Å²) in [7, 11) is 1.69. The topological polar surface area (TPSA) is 21.3 Å². The number of hydrogen-bond donors (Lipinski definition) is 1. The fourth-order valence-electron chi connectivity index (χ4n) is 2.30. The standard InChI is InChI=1S/C17H18ClNO/c1-20-17-8-5-14(18)10-16(17)13-4-2-3-12(9-13)11-19-15-6-7-15/h2-5,8-10,15,19H,6-7,11H2,1H3. The van der Waals surface area contributed by atoms with Crippen LogP contribution in [-0.2, 0) is 6.54 Å². The average molecular weight is 288 g/mol. The normalized spacial score (nSPS) is 14.3. The quantitative estimate of drug-likeness (QED) is 0.887. The number of hydrogen-bond acceptors (Lipinski definition) is 2. The molecule has 0 aromatic heterocycles. The summed E-state index contributed by atoms with van der Waals surface area (Å²) in [6.07, 6.45) is 2.61. The highest BCUT2D eigenvalue weighted by Gasteiger charge is 2.19. The first-order chi connectivity index (χ1) is 9.76. The van der Waals surface area contributed by atoms with E-state index in [0.29, 0.717) is 0 Å². The summed E-state index contributed by atoms with van der Waals surface area (Å²) in [5.74, 6) is 0.849. The number of nitrogens with one attached hydrogen (secondary N) is 1. The van der Waals surface area contributed by atoms with Crippen LogP contribution in [0.4, 0.5) is 0 Å². The Morgan fingerprint density at radius 3 is 2.80 bits per heavy atom. The molecule has 2 nitrogen and oxygen atoms in total. The van der Waals surface area contributed by atoms with Crippen LogP contribution in [0.3, 0.4) is 0 Å². The second kappa shape index (κ2) is 5.86. The third-order valence-corrected chi connectivity index (χ3v) is 3.81. The van der Waals surface area contributed by atoms with Gasteiger partial charge >= 0.3 is 0 Å². The Morgan fingerprint density at radius 2 is 2.05 bits per heavy atom. The molecule has 1 aliphatic carbocycles. The van der Waals surface area contributed by atoms with Crippen molar-refractivity contribution in [1.29, 1.82) is 0 Å². The van der Waals surface area contributed by atoms with Crippen molar-refractivity contribution in [3.05, 3.63) is 53.1 Å². The van der Waals surface area contributed by atoms with Gasteiger partial charge in [-0.2, -0.15) is 0 Å². The summed E-state index contributed by atoms with van der Waals surface area (Å²) in [5, 5.41) is 4.26. The van der Waals surface area contributed by atoms with Gasteiger partial charge in [-0.25, -0.2) is 0 Å². The molecule has 1 fully saturated rings. The summed E-state index contributed by atoms with van der Waals surface area (Å²) >= 11 is 6.11. The summed E-state index contributed by atoms with van der Waals surface area (Å²) in [4.78, 5) is 0. The molecule has 2 aromatic carbocycles. The molecule has 0 atom stereocenters. The SMILES string of the molecule is COc1ccc(Cl)cc1-c1cccc(CNC2CC2)c1. The second-order valence-corrected chi connectivity index (χ2v) is 5.64. The Kier molecular flexibility index (Phi) is 3.95. The van der Waals surface area contributed by atoms with Gasteiger partial charge in [0.05, 0.1) is 7.11 Å². The van der Waals surface area contributed by atoms with Crippen LogP contribution in [0.1, 0.15) is 18.4 Å². The predicted molar refractivity (Wildman–Crippen MR) is 83.3 cm³/mol. The zero-order chi connectivity index (χ0) is 13.9. The van der Waals surface area contributed by atoms with Gasteiger partial charge in [0.2, 0.25) is 0 Å². The zero-order valence-electron chi connectivity index (χ0n) is 11.5. The van der Waals surface area contributed by atoms with Gasteiger partial charge in [0.15, 0.2) is 0 Å². The lowest BCUT2D eigenvalue weighted by Gasteiger charge is -2.11. The van der Waals surface area contributed by atoms with Gasteiger partial charge in [-0.15, -0.1) is 0 Å². The maximum absolute atomic E-state index is 6.11. The predicted octanol–water partition coefficient (Wildman–Crippen LogP) is 4.27. The summed E-state index contributed by atoms with van der Waals surface area (Å²) < 4.78 is 5.43. The van der Waals surface area contributed by atoms with Crippen molar-refractivity contribution in [3.63, 3.8) is 0 Å². The molecule has 1 saturated carbocycles. The zero-order valence-corrected chi connectivity index (χ0v) is 12.3. The molecular weight excluding hydrogens is 270 g/mol. The fraction of sp³-hybridized carbons (Fsp3) is 0.294. The van der Waals surface area contributed by atoms with E-state index in [4.69, 9.17) is 16.3 Å². The fourth-order valence-corrected chi connectivity index (χ4v) is 2.48. The van der Waals surface area contributed by atoms with E-state index in [-0.39, 0.29) is 0 Å². The first kappa shape index (κ1) is 13.5. The van der Waals surface area contributed by atoms with Crippen LogP contribution in [0.2, 0.25) is 5.02 Å². The van der Waals surface area contributed by atoms with E-state index in [1.54, 1.807) is 7.11 Å². The molecule has 1 N–H and O–H groups in total. The first-order valence-corrected chi connectivity index (χ1v) is 7.30. The average Bonchev–Trinajstić information content (AvgIpc) is 3.30. The van der Waals surface area contributed by atoms with E-state index >= 15 is 0 Å². The largest absolute Gasteiger partial charge is 0.496 e. The molecule has 3 heteroatoms. The van der Waals surface area contributed by atoms with Crippen molar-refractivity contribution in [1.82, 2.24) is 5.32 Å². The first-order valence-electron chi connectivity index (χ1n) is 6.92. The van der Waals surface area contributed by atoms with Crippen molar-refractivity contribution >= 4 is 11.6 Å². The van der Waals surface area contributed by atoms with Crippen molar-refractivity contribution in [2.24, 2.45) is 0 Å². The van der Waals surface area contributed by atoms with Gasteiger partial charge in [0.25, 0.3) is 0 Å². The summed E-state index contributed by atoms with van der Waals surface area (Å²) in [6.45, 7) is 0.918. The number of rotatable bonds is 5. The molecule has 1 aliphatic rings. The van der Waals surface area contributed by atoms with Gasteiger partial charge in [-0.1, -0.05) is 29.8 Å². The second-order valence-electron chi connectivity index (χ2n) is 5.20. The number of halogens is 1. The third kappa shape index (κ3) is 3.14. The van der Waals surface area contributed by atoms with Gasteiger partial charge in [0, 0.05) is 23.2 Å². The highest BCUT2D eigenvalue weighted by Crippen LogP contribution is 2.33. The monoisotopic (exact) mass is 287 g/mol. The molecule has 0 radical (unpaired) electrons. The highest BCUT2D eigenvalue weighted by atomic mass is 35.5. The molecule has 104 valence electrons. The third-order valence-electron chi connectivity index (χ3n) is 3.57. The molecule has 0 heterocycles. The molecule has 0 bridgehead atoms. The van der Waals surface area contributed by atoms with Crippen LogP contribution in [0.5, 0.6) is 5.75 Å². The van der Waals surface area contributed by atoms with E-state index in [9.17, 15) is 0 Å². The molecule has 0 saturated heterocycles. The van der Waals surface area contributed by atoms with E-state index in [1.165, 1.54) is 18.4 Å². The van der Waals surface area contributed by atoms with Crippen molar-refractivity contribution in [2.45, 2.75) is 25.4 Å². The van der Waals surface area contributed by atoms with Gasteiger partial charge in [0.1, 0.15) is 5.75 Å². The lowest BCUT2D eigenvalue weighted by molar-refractivity contribution is 0.416. The Morgan fingerprint density at radius 1 is 1.20 bits per heavy atom. The van der Waals surface area contributed by atoms with Crippen molar-refractivity contribution in [3.8, 4) is 16.9 Å². The minimum absolute atomic E-state index is 0.722. The summed E-state index contributed by atoms with van der Waals surface area (Å²) in [6, 6.07) is 15.0. The molecule has 0 amide bonds. The van der Waals surface area contributed by atoms with Crippen LogP contribution < -0.4 is 10.1 Å². The van der Waals surface area contributed by atoms with Crippen LogP contribution in [0.15, 0.2) is 42.5 Å². The van der Waals surface area contributed by atoms with Gasteiger partial charge in [-0.05, 0) is 48.2 Å². The van der Waals surface area contributed by atoms with E-state index in [1.807, 2.05) is 18.2 Å². The Balaban J connectivity index is 1.88. The Hall–Kier alpha value is -1.51. The van der Waals surface area contributed by atoms with Gasteiger partial charge < -0.3 is 10.1 Å². The maximum atomic E-state index is 6.11. The lowest BCUT2D eigenvalue weighted by atomic mass is 10.0. The minimum Gasteiger partial charge on any atom is -0.496 e. The minimum atomic E-state index is 0.722. The molecule has 0 aliphatic heterocycles. The van der Waals surface area contributed by atoms with Gasteiger partial charge in [-0.3, -0.25) is 0 Å². The van der Waals surface area contributed by atoms with Crippen LogP contribution in [-0.4, -0.2) is 13.2 Å². The number of benzene rings is 2. The van der Waals surface area contributed by atoms with E-state index in [0.717, 1.165) is 34.5 Å². The van der Waals surface area contributed by atoms with Crippen LogP contribution in [0, 0.1) is 0 Å². The number of ether oxygens (including phenoxy) is 1. The molecule has 2 aromatic rings. The molecule has 20 heavy (non-hydrogen) atoms. The Bertz CT molecular complexity index is 608. The van der Waals surface area contributed by atoms with Crippen molar-refractivity contribution < 1.29 is 4.74 Å². The molecular formula is C17H18ClNO. The van der Waals surface area contributed by atoms with Crippen molar-refractivity contribution in [2.75, 3.05) is 7.11 Å².